The highest BCUT2D eigenvalue weighted by Gasteiger charge is 2.11. The molecule has 0 radical (unpaired) electrons. The van der Waals surface area contributed by atoms with Gasteiger partial charge in [-0.05, 0) is 17.4 Å². The maximum Gasteiger partial charge on any atom is 0.332 e. The van der Waals surface area contributed by atoms with Crippen LogP contribution in [0, 0.1) is 10.1 Å². The summed E-state index contributed by atoms with van der Waals surface area (Å²) in [6.45, 7) is 0. The van der Waals surface area contributed by atoms with Gasteiger partial charge in [-0.15, -0.1) is 0 Å². The predicted octanol–water partition coefficient (Wildman–Crippen LogP) is 0.324. The molecular formula is C8H6ClN4O4-. The lowest BCUT2D eigenvalue weighted by Crippen LogP contribution is -2.24. The number of amides is 2. The average Bonchev–Trinajstić information content (AvgIpc) is 2.21. The molecule has 0 saturated heterocycles. The molecule has 0 aliphatic carbocycles. The normalized spacial score (nSPS) is 10.4. The van der Waals surface area contributed by atoms with Crippen LogP contribution in [0.1, 0.15) is 5.56 Å². The number of primary amides is 1. The molecule has 9 heteroatoms. The fraction of sp³-hybridized carbons (Fsp3) is 0. The Morgan fingerprint density at radius 2 is 2.24 bits per heavy atom. The number of urea groups is 1. The van der Waals surface area contributed by atoms with Crippen LogP contribution in [-0.4, -0.2) is 17.2 Å². The Labute approximate surface area is 99.8 Å². The Hall–Kier alpha value is -2.35. The number of nitrogens with one attached hydrogen (secondary N) is 1. The minimum absolute atomic E-state index is 0.0109. The van der Waals surface area contributed by atoms with Crippen LogP contribution < -0.4 is 16.3 Å². The Morgan fingerprint density at radius 1 is 1.59 bits per heavy atom. The topological polar surface area (TPSA) is 134 Å². The van der Waals surface area contributed by atoms with Gasteiger partial charge in [-0.3, -0.25) is 10.1 Å². The van der Waals surface area contributed by atoms with Crippen LogP contribution in [0.4, 0.5) is 10.5 Å². The summed E-state index contributed by atoms with van der Waals surface area (Å²) in [6, 6.07) is 1.19. The Bertz CT molecular complexity index is 503. The van der Waals surface area contributed by atoms with E-state index in [1.54, 1.807) is 0 Å². The number of hydrogen-bond acceptors (Lipinski definition) is 5. The van der Waals surface area contributed by atoms with Crippen LogP contribution in [0.5, 0.6) is 5.75 Å². The number of hydrogen-bond donors (Lipinski definition) is 2. The fourth-order valence-electron chi connectivity index (χ4n) is 0.997. The largest absolute Gasteiger partial charge is 0.867 e. The average molecular weight is 258 g/mol. The van der Waals surface area contributed by atoms with Gasteiger partial charge in [-0.25, -0.2) is 10.2 Å². The van der Waals surface area contributed by atoms with Crippen LogP contribution in [-0.2, 0) is 0 Å². The second-order valence-electron chi connectivity index (χ2n) is 2.83. The van der Waals surface area contributed by atoms with Crippen LogP contribution >= 0.6 is 11.6 Å². The van der Waals surface area contributed by atoms with Crippen molar-refractivity contribution in [1.29, 1.82) is 0 Å². The molecule has 0 atom stereocenters. The van der Waals surface area contributed by atoms with Gasteiger partial charge in [-0.2, -0.15) is 5.10 Å². The number of nitro benzene ring substituents is 1. The van der Waals surface area contributed by atoms with Crippen LogP contribution in [0.15, 0.2) is 17.2 Å². The standard InChI is InChI=1S/C8H7ClN4O4/c9-5-1-4(3-11-12-8(10)15)7(14)6(2-5)13(16)17/h1-3,14H,(H3,10,12,15)/p-1/b11-3-. The number of halogens is 1. The monoisotopic (exact) mass is 257 g/mol. The number of benzene rings is 1. The van der Waals surface area contributed by atoms with E-state index in [-0.39, 0.29) is 10.6 Å². The number of carbonyl (C=O) groups is 1. The lowest BCUT2D eigenvalue weighted by Gasteiger charge is -2.10. The molecule has 1 aromatic rings. The highest BCUT2D eigenvalue weighted by Crippen LogP contribution is 2.29. The van der Waals surface area contributed by atoms with Gasteiger partial charge in [0, 0.05) is 11.1 Å². The van der Waals surface area contributed by atoms with Crippen molar-refractivity contribution >= 4 is 29.5 Å². The zero-order chi connectivity index (χ0) is 13.0. The highest BCUT2D eigenvalue weighted by atomic mass is 35.5. The number of nitro groups is 1. The van der Waals surface area contributed by atoms with Crippen molar-refractivity contribution in [3.8, 4) is 5.75 Å². The number of hydrazone groups is 1. The van der Waals surface area contributed by atoms with Gasteiger partial charge in [0.05, 0.1) is 11.1 Å². The first kappa shape index (κ1) is 12.7. The van der Waals surface area contributed by atoms with Crippen LogP contribution in [0.2, 0.25) is 5.02 Å². The summed E-state index contributed by atoms with van der Waals surface area (Å²) >= 11 is 5.59. The smallest absolute Gasteiger partial charge is 0.332 e. The fourth-order valence-corrected chi connectivity index (χ4v) is 1.22. The minimum atomic E-state index is -0.926. The van der Waals surface area contributed by atoms with Gasteiger partial charge < -0.3 is 10.8 Å². The van der Waals surface area contributed by atoms with Crippen molar-refractivity contribution in [1.82, 2.24) is 5.43 Å². The summed E-state index contributed by atoms with van der Waals surface area (Å²) in [5.41, 5.74) is 5.78. The number of carbonyl (C=O) groups excluding carboxylic acids is 1. The maximum atomic E-state index is 11.5. The molecule has 2 amide bonds. The predicted molar refractivity (Wildman–Crippen MR) is 57.9 cm³/mol. The van der Waals surface area contributed by atoms with Gasteiger partial charge in [0.25, 0.3) is 5.69 Å². The molecule has 0 aliphatic rings. The molecule has 8 nitrogen and oxygen atoms in total. The van der Waals surface area contributed by atoms with E-state index in [1.165, 1.54) is 6.07 Å². The Morgan fingerprint density at radius 3 is 2.76 bits per heavy atom. The lowest BCUT2D eigenvalue weighted by atomic mass is 10.2. The third kappa shape index (κ3) is 3.31. The van der Waals surface area contributed by atoms with E-state index in [2.05, 4.69) is 5.10 Å². The molecule has 0 spiro atoms. The second kappa shape index (κ2) is 5.12. The van der Waals surface area contributed by atoms with Crippen molar-refractivity contribution < 1.29 is 14.8 Å². The van der Waals surface area contributed by atoms with Crippen molar-refractivity contribution in [3.63, 3.8) is 0 Å². The third-order valence-electron chi connectivity index (χ3n) is 1.64. The van der Waals surface area contributed by atoms with E-state index < -0.39 is 22.4 Å². The van der Waals surface area contributed by atoms with Gasteiger partial charge >= 0.3 is 6.03 Å². The molecule has 17 heavy (non-hydrogen) atoms. The first-order chi connectivity index (χ1) is 7.91. The second-order valence-corrected chi connectivity index (χ2v) is 3.27. The summed E-state index contributed by atoms with van der Waals surface area (Å²) in [5.74, 6) is -0.852. The number of nitrogens with zero attached hydrogens (tertiary/aromatic N) is 2. The summed E-state index contributed by atoms with van der Waals surface area (Å²) in [6.07, 6.45) is 0.923. The molecule has 0 aliphatic heterocycles. The van der Waals surface area contributed by atoms with E-state index >= 15 is 0 Å². The highest BCUT2D eigenvalue weighted by molar-refractivity contribution is 6.31. The first-order valence-corrected chi connectivity index (χ1v) is 4.53. The summed E-state index contributed by atoms with van der Waals surface area (Å²) < 4.78 is 0. The van der Waals surface area contributed by atoms with Gasteiger partial charge in [0.15, 0.2) is 0 Å². The van der Waals surface area contributed by atoms with Crippen LogP contribution in [0.25, 0.3) is 0 Å². The first-order valence-electron chi connectivity index (χ1n) is 4.15. The van der Waals surface area contributed by atoms with E-state index in [0.717, 1.165) is 12.3 Å². The third-order valence-corrected chi connectivity index (χ3v) is 1.86. The van der Waals surface area contributed by atoms with Crippen LogP contribution in [0.3, 0.4) is 0 Å². The van der Waals surface area contributed by atoms with Gasteiger partial charge in [0.2, 0.25) is 0 Å². The van der Waals surface area contributed by atoms with Gasteiger partial charge in [-0.1, -0.05) is 11.6 Å². The van der Waals surface area contributed by atoms with Crippen molar-refractivity contribution in [3.05, 3.63) is 32.8 Å². The zero-order valence-corrected chi connectivity index (χ0v) is 8.97. The lowest BCUT2D eigenvalue weighted by molar-refractivity contribution is -0.398. The van der Waals surface area contributed by atoms with Crippen molar-refractivity contribution in [2.45, 2.75) is 0 Å². The molecule has 0 aromatic heterocycles. The molecule has 0 unspecified atom stereocenters. The number of rotatable bonds is 3. The number of nitrogens with two attached hydrogens (primary N) is 1. The Balaban J connectivity index is 3.11. The van der Waals surface area contributed by atoms with E-state index in [4.69, 9.17) is 17.3 Å². The Kier molecular flexibility index (Phi) is 3.83. The van der Waals surface area contributed by atoms with Crippen molar-refractivity contribution in [2.75, 3.05) is 0 Å². The molecule has 0 heterocycles. The molecule has 0 saturated carbocycles. The molecule has 1 aromatic carbocycles. The zero-order valence-electron chi connectivity index (χ0n) is 8.21. The molecular weight excluding hydrogens is 252 g/mol. The molecule has 0 bridgehead atoms. The van der Waals surface area contributed by atoms with Crippen molar-refractivity contribution in [2.24, 2.45) is 10.8 Å². The summed E-state index contributed by atoms with van der Waals surface area (Å²) in [7, 11) is 0. The summed E-state index contributed by atoms with van der Waals surface area (Å²) in [4.78, 5) is 20.0. The summed E-state index contributed by atoms with van der Waals surface area (Å²) in [5, 5.41) is 25.3. The molecule has 0 fully saturated rings. The molecule has 90 valence electrons. The van der Waals surface area contributed by atoms with E-state index in [0.29, 0.717) is 0 Å². The molecule has 3 N–H and O–H groups in total. The quantitative estimate of drug-likeness (QED) is 0.458. The van der Waals surface area contributed by atoms with Gasteiger partial charge in [0.1, 0.15) is 0 Å². The maximum absolute atomic E-state index is 11.5. The molecule has 1 rings (SSSR count). The minimum Gasteiger partial charge on any atom is -0.867 e. The van der Waals surface area contributed by atoms with E-state index in [9.17, 15) is 20.0 Å². The van der Waals surface area contributed by atoms with E-state index in [1.807, 2.05) is 5.43 Å². The SMILES string of the molecule is NC(=O)N/N=C\c1cc(Cl)cc([N+](=O)[O-])c1[O-].